The zero-order chi connectivity index (χ0) is 13.1. The largest absolute Gasteiger partial charge is 0.355 e. The van der Waals surface area contributed by atoms with Crippen LogP contribution in [0, 0.1) is 12.8 Å². The molecule has 1 saturated heterocycles. The first-order chi connectivity index (χ1) is 8.56. The van der Waals surface area contributed by atoms with E-state index in [4.69, 9.17) is 0 Å². The molecule has 2 N–H and O–H groups in total. The quantitative estimate of drug-likeness (QED) is 0.880. The molecule has 96 valence electrons. The number of benzene rings is 1. The van der Waals surface area contributed by atoms with E-state index in [1.54, 1.807) is 0 Å². The minimum Gasteiger partial charge on any atom is -0.355 e. The molecule has 2 rings (SSSR count). The summed E-state index contributed by atoms with van der Waals surface area (Å²) in [5.74, 6) is -0.134. The van der Waals surface area contributed by atoms with Crippen LogP contribution in [0.5, 0.6) is 0 Å². The van der Waals surface area contributed by atoms with Gasteiger partial charge in [0.25, 0.3) is 0 Å². The molecule has 1 fully saturated rings. The van der Waals surface area contributed by atoms with E-state index in [1.165, 1.54) is 0 Å². The first-order valence-corrected chi connectivity index (χ1v) is 6.69. The van der Waals surface area contributed by atoms with Crippen molar-refractivity contribution >= 4 is 33.4 Å². The van der Waals surface area contributed by atoms with Crippen LogP contribution in [0.25, 0.3) is 0 Å². The average Bonchev–Trinajstić information content (AvgIpc) is 2.33. The summed E-state index contributed by atoms with van der Waals surface area (Å²) in [5.41, 5.74) is 1.83. The van der Waals surface area contributed by atoms with E-state index < -0.39 is 0 Å². The van der Waals surface area contributed by atoms with Crippen LogP contribution in [0.4, 0.5) is 5.69 Å². The van der Waals surface area contributed by atoms with Crippen LogP contribution in [0.15, 0.2) is 22.7 Å². The second-order valence-electron chi connectivity index (χ2n) is 4.49. The lowest BCUT2D eigenvalue weighted by Gasteiger charge is -2.22. The minimum atomic E-state index is -0.134. The summed E-state index contributed by atoms with van der Waals surface area (Å²) in [4.78, 5) is 23.1. The molecule has 1 aromatic carbocycles. The van der Waals surface area contributed by atoms with Gasteiger partial charge in [-0.3, -0.25) is 9.59 Å². The standard InChI is InChI=1S/C13H15BrN2O2/c1-8-6-10(14)3-4-11(8)16-13(18)9-2-5-12(17)15-7-9/h3-4,6,9H,2,5,7H2,1H3,(H,15,17)(H,16,18). The highest BCUT2D eigenvalue weighted by Gasteiger charge is 2.24. The van der Waals surface area contributed by atoms with E-state index in [2.05, 4.69) is 26.6 Å². The summed E-state index contributed by atoms with van der Waals surface area (Å²) < 4.78 is 0.989. The van der Waals surface area contributed by atoms with Crippen LogP contribution in [-0.4, -0.2) is 18.4 Å². The third kappa shape index (κ3) is 3.10. The third-order valence-electron chi connectivity index (χ3n) is 3.08. The van der Waals surface area contributed by atoms with Crippen molar-refractivity contribution in [2.24, 2.45) is 5.92 Å². The Balaban J connectivity index is 2.00. The Labute approximate surface area is 114 Å². The van der Waals surface area contributed by atoms with Crippen LogP contribution in [0.2, 0.25) is 0 Å². The molecule has 1 atom stereocenters. The van der Waals surface area contributed by atoms with Gasteiger partial charge in [-0.25, -0.2) is 0 Å². The van der Waals surface area contributed by atoms with E-state index in [9.17, 15) is 9.59 Å². The molecular formula is C13H15BrN2O2. The van der Waals surface area contributed by atoms with Crippen molar-refractivity contribution in [1.29, 1.82) is 0 Å². The number of nitrogens with one attached hydrogen (secondary N) is 2. The average molecular weight is 311 g/mol. The van der Waals surface area contributed by atoms with Crippen LogP contribution in [-0.2, 0) is 9.59 Å². The van der Waals surface area contributed by atoms with Crippen molar-refractivity contribution in [3.63, 3.8) is 0 Å². The normalized spacial score (nSPS) is 19.2. The van der Waals surface area contributed by atoms with Crippen LogP contribution < -0.4 is 10.6 Å². The Morgan fingerprint density at radius 3 is 2.89 bits per heavy atom. The van der Waals surface area contributed by atoms with E-state index in [0.717, 1.165) is 15.7 Å². The SMILES string of the molecule is Cc1cc(Br)ccc1NC(=O)C1CCC(=O)NC1. The molecule has 1 aliphatic rings. The molecule has 0 bridgehead atoms. The molecule has 0 spiro atoms. The zero-order valence-corrected chi connectivity index (χ0v) is 11.7. The predicted octanol–water partition coefficient (Wildman–Crippen LogP) is 2.22. The summed E-state index contributed by atoms with van der Waals surface area (Å²) in [6, 6.07) is 5.72. The Kier molecular flexibility index (Phi) is 4.01. The Morgan fingerprint density at radius 1 is 1.50 bits per heavy atom. The molecule has 0 aromatic heterocycles. The second kappa shape index (κ2) is 5.52. The van der Waals surface area contributed by atoms with Gasteiger partial charge in [0.2, 0.25) is 11.8 Å². The fraction of sp³-hybridized carbons (Fsp3) is 0.385. The summed E-state index contributed by atoms with van der Waals surface area (Å²) in [6.07, 6.45) is 1.05. The molecule has 1 heterocycles. The fourth-order valence-corrected chi connectivity index (χ4v) is 2.43. The topological polar surface area (TPSA) is 58.2 Å². The summed E-state index contributed by atoms with van der Waals surface area (Å²) in [5, 5.41) is 5.63. The highest BCUT2D eigenvalue weighted by atomic mass is 79.9. The molecule has 0 aliphatic carbocycles. The van der Waals surface area contributed by atoms with Gasteiger partial charge in [-0.05, 0) is 37.1 Å². The number of hydrogen-bond acceptors (Lipinski definition) is 2. The first kappa shape index (κ1) is 13.1. The van der Waals surface area contributed by atoms with Crippen molar-refractivity contribution in [2.45, 2.75) is 19.8 Å². The van der Waals surface area contributed by atoms with Crippen LogP contribution in [0.1, 0.15) is 18.4 Å². The van der Waals surface area contributed by atoms with Crippen molar-refractivity contribution in [2.75, 3.05) is 11.9 Å². The molecule has 5 heteroatoms. The highest BCUT2D eigenvalue weighted by Crippen LogP contribution is 2.21. The number of halogens is 1. The first-order valence-electron chi connectivity index (χ1n) is 5.90. The van der Waals surface area contributed by atoms with Gasteiger partial charge < -0.3 is 10.6 Å². The zero-order valence-electron chi connectivity index (χ0n) is 10.1. The van der Waals surface area contributed by atoms with Gasteiger partial charge in [-0.1, -0.05) is 15.9 Å². The molecule has 4 nitrogen and oxygen atoms in total. The maximum atomic E-state index is 12.0. The fourth-order valence-electron chi connectivity index (χ4n) is 1.96. The number of anilines is 1. The van der Waals surface area contributed by atoms with Crippen LogP contribution in [0.3, 0.4) is 0 Å². The summed E-state index contributed by atoms with van der Waals surface area (Å²) in [6.45, 7) is 2.38. The molecule has 0 saturated carbocycles. The van der Waals surface area contributed by atoms with E-state index in [-0.39, 0.29) is 17.7 Å². The van der Waals surface area contributed by atoms with Gasteiger partial charge in [-0.15, -0.1) is 0 Å². The number of carbonyl (C=O) groups excluding carboxylic acids is 2. The summed E-state index contributed by atoms with van der Waals surface area (Å²) in [7, 11) is 0. The maximum absolute atomic E-state index is 12.0. The molecule has 2 amide bonds. The molecule has 0 radical (unpaired) electrons. The van der Waals surface area contributed by atoms with Gasteiger partial charge in [0.1, 0.15) is 0 Å². The number of carbonyl (C=O) groups is 2. The number of rotatable bonds is 2. The van der Waals surface area contributed by atoms with Crippen molar-refractivity contribution in [3.8, 4) is 0 Å². The lowest BCUT2D eigenvalue weighted by atomic mass is 9.98. The molecule has 1 aromatic rings. The van der Waals surface area contributed by atoms with Gasteiger partial charge in [0, 0.05) is 23.1 Å². The molecular weight excluding hydrogens is 296 g/mol. The second-order valence-corrected chi connectivity index (χ2v) is 5.40. The lowest BCUT2D eigenvalue weighted by molar-refractivity contribution is -0.126. The van der Waals surface area contributed by atoms with Crippen molar-refractivity contribution in [3.05, 3.63) is 28.2 Å². The Bertz CT molecular complexity index is 478. The van der Waals surface area contributed by atoms with Crippen LogP contribution >= 0.6 is 15.9 Å². The minimum absolute atomic E-state index is 0.0267. The number of piperidine rings is 1. The number of amides is 2. The van der Waals surface area contributed by atoms with Gasteiger partial charge in [0.05, 0.1) is 5.92 Å². The van der Waals surface area contributed by atoms with Gasteiger partial charge in [-0.2, -0.15) is 0 Å². The monoisotopic (exact) mass is 310 g/mol. The summed E-state index contributed by atoms with van der Waals surface area (Å²) >= 11 is 3.39. The number of hydrogen-bond donors (Lipinski definition) is 2. The molecule has 1 aliphatic heterocycles. The third-order valence-corrected chi connectivity index (χ3v) is 3.58. The molecule has 1 unspecified atom stereocenters. The number of aryl methyl sites for hydroxylation is 1. The van der Waals surface area contributed by atoms with Crippen molar-refractivity contribution in [1.82, 2.24) is 5.32 Å². The Hall–Kier alpha value is -1.36. The van der Waals surface area contributed by atoms with Crippen molar-refractivity contribution < 1.29 is 9.59 Å². The maximum Gasteiger partial charge on any atom is 0.229 e. The van der Waals surface area contributed by atoms with E-state index >= 15 is 0 Å². The Morgan fingerprint density at radius 2 is 2.28 bits per heavy atom. The van der Waals surface area contributed by atoms with Gasteiger partial charge in [0.15, 0.2) is 0 Å². The highest BCUT2D eigenvalue weighted by molar-refractivity contribution is 9.10. The predicted molar refractivity (Wildman–Crippen MR) is 73.2 cm³/mol. The van der Waals surface area contributed by atoms with E-state index in [1.807, 2.05) is 25.1 Å². The smallest absolute Gasteiger partial charge is 0.229 e. The van der Waals surface area contributed by atoms with Gasteiger partial charge >= 0.3 is 0 Å². The lowest BCUT2D eigenvalue weighted by Crippen LogP contribution is -2.40. The molecule has 18 heavy (non-hydrogen) atoms. The van der Waals surface area contributed by atoms with E-state index in [0.29, 0.717) is 19.4 Å².